The van der Waals surface area contributed by atoms with Gasteiger partial charge in [-0.2, -0.15) is 5.26 Å². The molecule has 0 aliphatic carbocycles. The highest BCUT2D eigenvalue weighted by Crippen LogP contribution is 2.60. The summed E-state index contributed by atoms with van der Waals surface area (Å²) in [6, 6.07) is 41.6. The second-order valence-electron chi connectivity index (χ2n) is 22.9. The molecule has 2 saturated heterocycles. The Hall–Kier alpha value is -6.15. The van der Waals surface area contributed by atoms with Crippen LogP contribution in [0.1, 0.15) is 97.2 Å². The van der Waals surface area contributed by atoms with Gasteiger partial charge in [0, 0.05) is 36.4 Å². The van der Waals surface area contributed by atoms with Gasteiger partial charge in [0.15, 0.2) is 8.07 Å². The molecule has 79 heavy (non-hydrogen) atoms. The minimum Gasteiger partial charge on any atom is -0.402 e. The highest BCUT2D eigenvalue weighted by Gasteiger charge is 2.67. The summed E-state index contributed by atoms with van der Waals surface area (Å²) in [6.45, 7) is 15.4. The molecule has 9 atom stereocenters. The third-order valence-corrected chi connectivity index (χ3v) is 28.7. The molecule has 0 spiro atoms. The lowest BCUT2D eigenvalue weighted by molar-refractivity contribution is -0.145. The third-order valence-electron chi connectivity index (χ3n) is 15.9. The van der Waals surface area contributed by atoms with Gasteiger partial charge in [0.25, 0.3) is 19.4 Å². The summed E-state index contributed by atoms with van der Waals surface area (Å²) < 4.78 is 60.9. The number of aryl methyl sites for hydroxylation is 2. The number of aromatic amines is 2. The highest BCUT2D eigenvalue weighted by atomic mass is 31.2. The zero-order chi connectivity index (χ0) is 56.5. The molecule has 0 bridgehead atoms. The largest absolute Gasteiger partial charge is 0.475 e. The van der Waals surface area contributed by atoms with Crippen LogP contribution in [0.3, 0.4) is 0 Å². The van der Waals surface area contributed by atoms with E-state index in [9.17, 15) is 29.5 Å². The first-order chi connectivity index (χ1) is 37.6. The van der Waals surface area contributed by atoms with Crippen LogP contribution < -0.4 is 43.2 Å². The topological polar surface area (TPSA) is 226 Å². The summed E-state index contributed by atoms with van der Waals surface area (Å²) in [5.74, 6) is 0. The van der Waals surface area contributed by atoms with Gasteiger partial charge in [-0.3, -0.25) is 42.3 Å². The Labute approximate surface area is 461 Å². The van der Waals surface area contributed by atoms with Gasteiger partial charge < -0.3 is 19.0 Å². The van der Waals surface area contributed by atoms with Gasteiger partial charge >= 0.3 is 19.2 Å². The summed E-state index contributed by atoms with van der Waals surface area (Å²) in [4.78, 5) is 58.0. The predicted octanol–water partition coefficient (Wildman–Crippen LogP) is 6.72. The SMILES string of the molecule is Cc1cn([C@H]2C[C@H](O[Si](c3ccccc3)(c3ccccc3)C(C)(C)C)[C@@H]([C@@H]3C/C=C\C[C@]4(C(O)[Si](c5ccccc5)(c5ccccc5)C(C)(C)C)O[C@@H](n5cc(C)c(=O)[nH]c5=O)C[C@@H]4OP(=O)(OCCC#N)O3)O2)c(=O)[nH]c1=O. The van der Waals surface area contributed by atoms with E-state index in [4.69, 9.17) is 27.5 Å². The first-order valence-corrected chi connectivity index (χ1v) is 32.2. The van der Waals surface area contributed by atoms with Gasteiger partial charge in [0.2, 0.25) is 0 Å². The number of phosphoric acid groups is 1. The minimum atomic E-state index is -4.99. The standard InChI is InChI=1S/C59H70N5O12PSi2/c1-40-38-63(55(68)61-52(40)65)49-36-47(76-79(58(6,7)8,44-28-17-11-18-29-44)45-30-19-12-20-31-45)51(72-49)46-32-21-22-33-59(54(67)78(57(3,4)5,42-24-13-9-14-25-42)43-26-15-10-16-27-43)48(75-77(70,74-46)71-35-23-34-60)37-50(73-59)64-39-41(2)53(66)62-56(64)69/h9-22,24-31,38-39,46-51,54,67H,23,32-33,35-37H2,1-8H3,(H,61,65,68)(H,62,66,69)/b22-21-/t46-,47-,48-,49+,50+,51+,54?,59-,77?/m0/s1. The van der Waals surface area contributed by atoms with Crippen LogP contribution in [-0.2, 0) is 32.0 Å². The van der Waals surface area contributed by atoms with Crippen LogP contribution in [0.5, 0.6) is 0 Å². The summed E-state index contributed by atoms with van der Waals surface area (Å²) in [6.07, 6.45) is -0.582. The fourth-order valence-corrected chi connectivity index (χ4v) is 24.6. The molecule has 416 valence electrons. The lowest BCUT2D eigenvalue weighted by Gasteiger charge is -2.53. The third kappa shape index (κ3) is 10.8. The van der Waals surface area contributed by atoms with Gasteiger partial charge in [-0.15, -0.1) is 0 Å². The lowest BCUT2D eigenvalue weighted by Crippen LogP contribution is -2.78. The maximum atomic E-state index is 16.3. The van der Waals surface area contributed by atoms with E-state index in [1.165, 1.54) is 21.5 Å². The molecule has 17 nitrogen and oxygen atoms in total. The van der Waals surface area contributed by atoms with Crippen molar-refractivity contribution in [1.82, 2.24) is 19.1 Å². The minimum absolute atomic E-state index is 0.00936. The van der Waals surface area contributed by atoms with Crippen molar-refractivity contribution in [1.29, 1.82) is 5.26 Å². The molecule has 0 amide bonds. The number of fused-ring (bicyclic) bond motifs is 1. The highest BCUT2D eigenvalue weighted by molar-refractivity contribution is 7.48. The molecule has 0 saturated carbocycles. The number of benzene rings is 4. The van der Waals surface area contributed by atoms with E-state index in [1.54, 1.807) is 13.8 Å². The number of rotatable bonds is 14. The molecule has 3 aliphatic heterocycles. The Morgan fingerprint density at radius 2 is 1.22 bits per heavy atom. The number of hydrogen-bond acceptors (Lipinski definition) is 13. The maximum Gasteiger partial charge on any atom is 0.475 e. The summed E-state index contributed by atoms with van der Waals surface area (Å²) in [5.41, 5.74) is -5.32. The number of nitrogens with zero attached hydrogens (tertiary/aromatic N) is 3. The number of aliphatic hydroxyl groups excluding tert-OH is 1. The predicted molar refractivity (Wildman–Crippen MR) is 306 cm³/mol. The van der Waals surface area contributed by atoms with Crippen molar-refractivity contribution < 1.29 is 37.1 Å². The molecule has 2 unspecified atom stereocenters. The molecule has 5 heterocycles. The maximum absolute atomic E-state index is 16.3. The second-order valence-corrected chi connectivity index (χ2v) is 33.5. The van der Waals surface area contributed by atoms with Gasteiger partial charge in [-0.1, -0.05) is 185 Å². The Kier molecular flexibility index (Phi) is 16.6. The van der Waals surface area contributed by atoms with Crippen molar-refractivity contribution in [3.05, 3.63) is 199 Å². The molecule has 3 aliphatic rings. The zero-order valence-corrected chi connectivity index (χ0v) is 48.8. The van der Waals surface area contributed by atoms with Crippen LogP contribution in [0.2, 0.25) is 10.1 Å². The Morgan fingerprint density at radius 3 is 1.70 bits per heavy atom. The van der Waals surface area contributed by atoms with E-state index in [2.05, 4.69) is 81.8 Å². The second kappa shape index (κ2) is 22.8. The quantitative estimate of drug-likeness (QED) is 0.0447. The number of phosphoric ester groups is 1. The van der Waals surface area contributed by atoms with Gasteiger partial charge in [-0.25, -0.2) is 14.2 Å². The molecule has 4 aromatic carbocycles. The molecule has 9 rings (SSSR count). The number of ether oxygens (including phenoxy) is 2. The zero-order valence-electron chi connectivity index (χ0n) is 45.9. The van der Waals surface area contributed by atoms with Gasteiger partial charge in [-0.05, 0) is 47.1 Å². The Bertz CT molecular complexity index is 3410. The molecule has 0 radical (unpaired) electrons. The van der Waals surface area contributed by atoms with Crippen molar-refractivity contribution in [2.45, 2.75) is 146 Å². The summed E-state index contributed by atoms with van der Waals surface area (Å²) in [5, 5.41) is 26.4. The fraction of sp³-hybridized carbons (Fsp3) is 0.407. The average molecular weight is 1130 g/mol. The number of hydrogen-bond donors (Lipinski definition) is 3. The van der Waals surface area contributed by atoms with Crippen LogP contribution in [0.15, 0.2) is 165 Å². The summed E-state index contributed by atoms with van der Waals surface area (Å²) in [7, 11) is -12.1. The van der Waals surface area contributed by atoms with Crippen molar-refractivity contribution in [3.8, 4) is 6.07 Å². The van der Waals surface area contributed by atoms with Crippen LogP contribution in [0.4, 0.5) is 0 Å². The van der Waals surface area contributed by atoms with Crippen LogP contribution in [0, 0.1) is 25.2 Å². The van der Waals surface area contributed by atoms with E-state index in [0.717, 1.165) is 20.7 Å². The van der Waals surface area contributed by atoms with Gasteiger partial charge in [0.1, 0.15) is 36.4 Å². The van der Waals surface area contributed by atoms with Crippen LogP contribution in [0.25, 0.3) is 0 Å². The van der Waals surface area contributed by atoms with Crippen molar-refractivity contribution in [3.63, 3.8) is 0 Å². The number of aromatic nitrogens is 4. The number of H-pyrrole nitrogens is 2. The molecule has 2 aromatic heterocycles. The Balaban J connectivity index is 1.23. The van der Waals surface area contributed by atoms with E-state index >= 15 is 4.57 Å². The lowest BCUT2D eigenvalue weighted by atomic mass is 9.92. The van der Waals surface area contributed by atoms with Crippen LogP contribution >= 0.6 is 7.82 Å². The number of nitrogens with one attached hydrogen (secondary N) is 2. The molecule has 20 heteroatoms. The first-order valence-electron chi connectivity index (χ1n) is 26.8. The number of aliphatic hydroxyl groups is 1. The first kappa shape index (κ1) is 57.5. The monoisotopic (exact) mass is 1130 g/mol. The fourth-order valence-electron chi connectivity index (χ4n) is 12.3. The normalized spacial score (nSPS) is 25.7. The Morgan fingerprint density at radius 1 is 0.722 bits per heavy atom. The van der Waals surface area contributed by atoms with E-state index in [1.807, 2.05) is 109 Å². The van der Waals surface area contributed by atoms with Crippen molar-refractivity contribution in [2.24, 2.45) is 0 Å². The smallest absolute Gasteiger partial charge is 0.402 e. The molecule has 6 aromatic rings. The van der Waals surface area contributed by atoms with E-state index in [-0.39, 0.29) is 43.2 Å². The van der Waals surface area contributed by atoms with Crippen LogP contribution in [-0.4, -0.2) is 83.0 Å². The van der Waals surface area contributed by atoms with Crippen molar-refractivity contribution in [2.75, 3.05) is 6.61 Å². The van der Waals surface area contributed by atoms with E-state index < -0.39 is 112 Å². The summed E-state index contributed by atoms with van der Waals surface area (Å²) >= 11 is 0. The molecule has 3 N–H and O–H groups in total. The van der Waals surface area contributed by atoms with E-state index in [0.29, 0.717) is 0 Å². The number of nitriles is 1. The van der Waals surface area contributed by atoms with Gasteiger partial charge in [0.05, 0.1) is 30.9 Å². The van der Waals surface area contributed by atoms with Crippen molar-refractivity contribution >= 4 is 45.0 Å². The molecular weight excluding hydrogens is 1060 g/mol. The average Bonchev–Trinajstić information content (AvgIpc) is 3.74. The molecule has 2 fully saturated rings. The molecular formula is C59H70N5O12PSi2.